The first-order valence-electron chi connectivity index (χ1n) is 9.12. The zero-order chi connectivity index (χ0) is 19.3. The topological polar surface area (TPSA) is 3.24 Å². The summed E-state index contributed by atoms with van der Waals surface area (Å²) in [5.41, 5.74) is 4.53. The van der Waals surface area contributed by atoms with Crippen LogP contribution in [0.4, 0.5) is 11.4 Å². The molecule has 28 heavy (non-hydrogen) atoms. The third-order valence-electron chi connectivity index (χ3n) is 4.70. The number of anilines is 2. The smallest absolute Gasteiger partial charge is 0.0844 e. The van der Waals surface area contributed by atoms with Gasteiger partial charge in [-0.25, -0.2) is 0 Å². The van der Waals surface area contributed by atoms with E-state index >= 15 is 0 Å². The summed E-state index contributed by atoms with van der Waals surface area (Å²) in [7, 11) is 0. The average Bonchev–Trinajstić information content (AvgIpc) is 2.75. The molecule has 4 rings (SSSR count). The number of benzene rings is 4. The van der Waals surface area contributed by atoms with Crippen LogP contribution >= 0.6 is 23.2 Å². The van der Waals surface area contributed by atoms with Crippen molar-refractivity contribution in [3.8, 4) is 0 Å². The van der Waals surface area contributed by atoms with E-state index in [-0.39, 0.29) is 6.04 Å². The van der Waals surface area contributed by atoms with Gasteiger partial charge >= 0.3 is 0 Å². The zero-order valence-electron chi connectivity index (χ0n) is 15.2. The quantitative estimate of drug-likeness (QED) is 0.327. The predicted molar refractivity (Wildman–Crippen MR) is 120 cm³/mol. The molecule has 0 aliphatic rings. The van der Waals surface area contributed by atoms with Gasteiger partial charge in [-0.3, -0.25) is 0 Å². The fourth-order valence-corrected chi connectivity index (χ4v) is 3.66. The molecule has 0 bridgehead atoms. The lowest BCUT2D eigenvalue weighted by molar-refractivity contribution is 0.820. The maximum atomic E-state index is 6.16. The summed E-state index contributed by atoms with van der Waals surface area (Å²) in [6.45, 7) is 0. The second kappa shape index (κ2) is 8.52. The maximum absolute atomic E-state index is 6.16. The van der Waals surface area contributed by atoms with Crippen molar-refractivity contribution in [1.82, 2.24) is 0 Å². The summed E-state index contributed by atoms with van der Waals surface area (Å²) in [6.07, 6.45) is 0. The van der Waals surface area contributed by atoms with Crippen LogP contribution in [0.25, 0.3) is 0 Å². The second-order valence-corrected chi connectivity index (χ2v) is 7.42. The summed E-state index contributed by atoms with van der Waals surface area (Å²) in [5, 5.41) is 1.44. The van der Waals surface area contributed by atoms with E-state index in [1.807, 2.05) is 36.4 Å². The first kappa shape index (κ1) is 18.6. The van der Waals surface area contributed by atoms with Crippen molar-refractivity contribution in [3.63, 3.8) is 0 Å². The van der Waals surface area contributed by atoms with Gasteiger partial charge in [-0.1, -0.05) is 83.9 Å². The zero-order valence-corrected chi connectivity index (χ0v) is 16.7. The van der Waals surface area contributed by atoms with Gasteiger partial charge in [0.05, 0.1) is 6.04 Å². The van der Waals surface area contributed by atoms with Crippen LogP contribution in [0.5, 0.6) is 0 Å². The fraction of sp³-hybridized carbons (Fsp3) is 0.0400. The third-order valence-corrected chi connectivity index (χ3v) is 5.20. The summed E-state index contributed by atoms with van der Waals surface area (Å²) < 4.78 is 0. The second-order valence-electron chi connectivity index (χ2n) is 6.55. The lowest BCUT2D eigenvalue weighted by atomic mass is 9.95. The molecule has 0 aliphatic carbocycles. The highest BCUT2D eigenvalue weighted by Gasteiger charge is 2.24. The molecule has 1 nitrogen and oxygen atoms in total. The summed E-state index contributed by atoms with van der Waals surface area (Å²) in [4.78, 5) is 2.32. The Morgan fingerprint density at radius 3 is 1.18 bits per heavy atom. The van der Waals surface area contributed by atoms with E-state index < -0.39 is 0 Å². The minimum atomic E-state index is 0.00440. The molecule has 0 fully saturated rings. The molecule has 0 N–H and O–H groups in total. The Kier molecular flexibility index (Phi) is 5.66. The first-order chi connectivity index (χ1) is 13.7. The minimum Gasteiger partial charge on any atom is -0.330 e. The maximum Gasteiger partial charge on any atom is 0.0844 e. The molecular weight excluding hydrogens is 385 g/mol. The molecule has 0 saturated heterocycles. The Labute approximate surface area is 175 Å². The van der Waals surface area contributed by atoms with Gasteiger partial charge in [0.25, 0.3) is 0 Å². The molecular formula is C25H19Cl2N. The number of halogens is 2. The summed E-state index contributed by atoms with van der Waals surface area (Å²) in [6, 6.07) is 36.9. The average molecular weight is 404 g/mol. The van der Waals surface area contributed by atoms with E-state index in [0.717, 1.165) is 21.4 Å². The van der Waals surface area contributed by atoms with E-state index in [4.69, 9.17) is 23.2 Å². The predicted octanol–water partition coefficient (Wildman–Crippen LogP) is 7.92. The minimum absolute atomic E-state index is 0.00440. The van der Waals surface area contributed by atoms with Crippen molar-refractivity contribution in [2.24, 2.45) is 0 Å². The van der Waals surface area contributed by atoms with Crippen LogP contribution in [0.1, 0.15) is 17.2 Å². The van der Waals surface area contributed by atoms with Crippen molar-refractivity contribution >= 4 is 34.6 Å². The molecule has 138 valence electrons. The molecule has 0 atom stereocenters. The van der Waals surface area contributed by atoms with Crippen LogP contribution in [0.15, 0.2) is 109 Å². The Morgan fingerprint density at radius 1 is 0.464 bits per heavy atom. The van der Waals surface area contributed by atoms with Gasteiger partial charge in [-0.15, -0.1) is 0 Å². The molecule has 0 saturated carbocycles. The van der Waals surface area contributed by atoms with Gasteiger partial charge in [0.2, 0.25) is 0 Å². The standard InChI is InChI=1S/C25H19Cl2N/c26-21-11-15-23(16-12-21)28(24-17-13-22(27)14-18-24)25(19-7-3-1-4-8-19)20-9-5-2-6-10-20/h1-18,25H. The van der Waals surface area contributed by atoms with E-state index in [0.29, 0.717) is 0 Å². The van der Waals surface area contributed by atoms with Crippen LogP contribution < -0.4 is 4.90 Å². The van der Waals surface area contributed by atoms with Crippen LogP contribution in [0.2, 0.25) is 10.0 Å². The van der Waals surface area contributed by atoms with Gasteiger partial charge in [0.1, 0.15) is 0 Å². The molecule has 0 amide bonds. The van der Waals surface area contributed by atoms with Crippen LogP contribution in [0, 0.1) is 0 Å². The number of rotatable bonds is 5. The van der Waals surface area contributed by atoms with E-state index in [2.05, 4.69) is 77.7 Å². The molecule has 0 aromatic heterocycles. The molecule has 0 radical (unpaired) electrons. The summed E-state index contributed by atoms with van der Waals surface area (Å²) in [5.74, 6) is 0. The van der Waals surface area contributed by atoms with Crippen molar-refractivity contribution < 1.29 is 0 Å². The Morgan fingerprint density at radius 2 is 0.821 bits per heavy atom. The molecule has 0 spiro atoms. The van der Waals surface area contributed by atoms with E-state index in [1.165, 1.54) is 11.1 Å². The Balaban J connectivity index is 1.93. The van der Waals surface area contributed by atoms with Crippen molar-refractivity contribution in [1.29, 1.82) is 0 Å². The third kappa shape index (κ3) is 4.06. The number of hydrogen-bond acceptors (Lipinski definition) is 1. The highest BCUT2D eigenvalue weighted by Crippen LogP contribution is 2.39. The lowest BCUT2D eigenvalue weighted by Gasteiger charge is -2.35. The van der Waals surface area contributed by atoms with Gasteiger partial charge in [-0.05, 0) is 59.7 Å². The summed E-state index contributed by atoms with van der Waals surface area (Å²) >= 11 is 12.3. The fourth-order valence-electron chi connectivity index (χ4n) is 3.41. The molecule has 4 aromatic rings. The van der Waals surface area contributed by atoms with Crippen LogP contribution in [0.3, 0.4) is 0 Å². The van der Waals surface area contributed by atoms with Gasteiger partial charge in [-0.2, -0.15) is 0 Å². The Bertz CT molecular complexity index is 929. The monoisotopic (exact) mass is 403 g/mol. The van der Waals surface area contributed by atoms with Gasteiger partial charge in [0, 0.05) is 21.4 Å². The lowest BCUT2D eigenvalue weighted by Crippen LogP contribution is -2.25. The van der Waals surface area contributed by atoms with Crippen molar-refractivity contribution in [3.05, 3.63) is 130 Å². The van der Waals surface area contributed by atoms with E-state index in [1.54, 1.807) is 0 Å². The first-order valence-corrected chi connectivity index (χ1v) is 9.88. The van der Waals surface area contributed by atoms with E-state index in [9.17, 15) is 0 Å². The molecule has 4 aromatic carbocycles. The largest absolute Gasteiger partial charge is 0.330 e. The SMILES string of the molecule is Clc1ccc(N(c2ccc(Cl)cc2)C(c2ccccc2)c2ccccc2)cc1. The van der Waals surface area contributed by atoms with Crippen LogP contribution in [-0.4, -0.2) is 0 Å². The molecule has 0 heterocycles. The highest BCUT2D eigenvalue weighted by molar-refractivity contribution is 6.31. The number of hydrogen-bond donors (Lipinski definition) is 0. The number of nitrogens with zero attached hydrogens (tertiary/aromatic N) is 1. The molecule has 0 aliphatic heterocycles. The van der Waals surface area contributed by atoms with Gasteiger partial charge in [0.15, 0.2) is 0 Å². The molecule has 0 unspecified atom stereocenters. The van der Waals surface area contributed by atoms with Crippen molar-refractivity contribution in [2.45, 2.75) is 6.04 Å². The van der Waals surface area contributed by atoms with Gasteiger partial charge < -0.3 is 4.90 Å². The normalized spacial score (nSPS) is 10.8. The molecule has 3 heteroatoms. The highest BCUT2D eigenvalue weighted by atomic mass is 35.5. The van der Waals surface area contributed by atoms with Crippen LogP contribution in [-0.2, 0) is 0 Å². The Hall–Kier alpha value is -2.74. The van der Waals surface area contributed by atoms with Crippen molar-refractivity contribution in [2.75, 3.05) is 4.90 Å².